The fourth-order valence-corrected chi connectivity index (χ4v) is 1.82. The summed E-state index contributed by atoms with van der Waals surface area (Å²) in [5.74, 6) is -0.643. The lowest BCUT2D eigenvalue weighted by molar-refractivity contribution is -0.384. The first-order valence-electron chi connectivity index (χ1n) is 5.19. The summed E-state index contributed by atoms with van der Waals surface area (Å²) >= 11 is 11.7. The van der Waals surface area contributed by atoms with Crippen LogP contribution in [-0.2, 0) is 0 Å². The Morgan fingerprint density at radius 2 is 1.90 bits per heavy atom. The Kier molecular flexibility index (Phi) is 4.11. The van der Waals surface area contributed by atoms with E-state index in [1.165, 1.54) is 18.7 Å². The van der Waals surface area contributed by atoms with E-state index in [0.717, 1.165) is 12.1 Å². The van der Waals surface area contributed by atoms with Gasteiger partial charge < -0.3 is 5.32 Å². The van der Waals surface area contributed by atoms with Gasteiger partial charge in [0.15, 0.2) is 0 Å². The molecule has 0 atom stereocenters. The number of nitrogens with zero attached hydrogens (tertiary/aromatic N) is 3. The molecule has 0 fully saturated rings. The first-order valence-corrected chi connectivity index (χ1v) is 5.94. The van der Waals surface area contributed by atoms with Crippen molar-refractivity contribution in [1.29, 1.82) is 0 Å². The summed E-state index contributed by atoms with van der Waals surface area (Å²) in [6, 6.07) is 2.12. The molecule has 0 unspecified atom stereocenters. The molecule has 1 amide bonds. The van der Waals surface area contributed by atoms with Gasteiger partial charge in [-0.05, 0) is 0 Å². The molecule has 102 valence electrons. The van der Waals surface area contributed by atoms with Gasteiger partial charge in [0.1, 0.15) is 6.33 Å². The highest BCUT2D eigenvalue weighted by molar-refractivity contribution is 6.44. The van der Waals surface area contributed by atoms with Crippen LogP contribution >= 0.6 is 23.2 Å². The van der Waals surface area contributed by atoms with Gasteiger partial charge in [0.2, 0.25) is 0 Å². The monoisotopic (exact) mass is 312 g/mol. The van der Waals surface area contributed by atoms with Gasteiger partial charge in [-0.15, -0.1) is 0 Å². The van der Waals surface area contributed by atoms with Gasteiger partial charge in [-0.3, -0.25) is 14.9 Å². The van der Waals surface area contributed by atoms with E-state index in [4.69, 9.17) is 23.2 Å². The number of hydrogen-bond acceptors (Lipinski definition) is 5. The SMILES string of the molecule is O=C(Nc1cncnc1)c1cc([N+](=O)[O-])cc(Cl)c1Cl. The van der Waals surface area contributed by atoms with Crippen molar-refractivity contribution in [3.8, 4) is 0 Å². The number of aromatic nitrogens is 2. The molecule has 0 saturated carbocycles. The summed E-state index contributed by atoms with van der Waals surface area (Å²) in [6.45, 7) is 0. The van der Waals surface area contributed by atoms with Crippen molar-refractivity contribution >= 4 is 40.5 Å². The molecule has 7 nitrogen and oxygen atoms in total. The minimum absolute atomic E-state index is 0.0633. The highest BCUT2D eigenvalue weighted by atomic mass is 35.5. The first-order chi connectivity index (χ1) is 9.49. The van der Waals surface area contributed by atoms with Crippen LogP contribution in [-0.4, -0.2) is 20.8 Å². The zero-order valence-electron chi connectivity index (χ0n) is 9.71. The number of amides is 1. The van der Waals surface area contributed by atoms with Gasteiger partial charge >= 0.3 is 0 Å². The minimum Gasteiger partial charge on any atom is -0.319 e. The summed E-state index contributed by atoms with van der Waals surface area (Å²) in [6.07, 6.45) is 4.04. The van der Waals surface area contributed by atoms with E-state index in [2.05, 4.69) is 15.3 Å². The van der Waals surface area contributed by atoms with Crippen LogP contribution in [0.2, 0.25) is 10.0 Å². The van der Waals surface area contributed by atoms with Crippen LogP contribution in [0.1, 0.15) is 10.4 Å². The molecule has 20 heavy (non-hydrogen) atoms. The second kappa shape index (κ2) is 5.81. The number of nitro groups is 1. The van der Waals surface area contributed by atoms with E-state index in [1.54, 1.807) is 0 Å². The average molecular weight is 313 g/mol. The summed E-state index contributed by atoms with van der Waals surface area (Å²) < 4.78 is 0. The van der Waals surface area contributed by atoms with Crippen LogP contribution in [0.4, 0.5) is 11.4 Å². The van der Waals surface area contributed by atoms with Crippen LogP contribution in [0.5, 0.6) is 0 Å². The predicted octanol–water partition coefficient (Wildman–Crippen LogP) is 2.94. The first kappa shape index (κ1) is 14.2. The minimum atomic E-state index is -0.662. The maximum atomic E-state index is 12.0. The van der Waals surface area contributed by atoms with E-state index < -0.39 is 10.8 Å². The van der Waals surface area contributed by atoms with Crippen molar-refractivity contribution in [3.63, 3.8) is 0 Å². The molecule has 0 radical (unpaired) electrons. The molecule has 0 aliphatic rings. The van der Waals surface area contributed by atoms with Gasteiger partial charge in [-0.1, -0.05) is 23.2 Å². The zero-order chi connectivity index (χ0) is 14.7. The Balaban J connectivity index is 2.36. The Morgan fingerprint density at radius 1 is 1.25 bits per heavy atom. The smallest absolute Gasteiger partial charge is 0.271 e. The average Bonchev–Trinajstić information content (AvgIpc) is 2.42. The second-order valence-electron chi connectivity index (χ2n) is 3.63. The maximum absolute atomic E-state index is 12.0. The predicted molar refractivity (Wildman–Crippen MR) is 73.1 cm³/mol. The molecule has 0 bridgehead atoms. The van der Waals surface area contributed by atoms with Crippen molar-refractivity contribution in [2.24, 2.45) is 0 Å². The van der Waals surface area contributed by atoms with Crippen molar-refractivity contribution < 1.29 is 9.72 Å². The number of carbonyl (C=O) groups is 1. The molecule has 1 aromatic heterocycles. The van der Waals surface area contributed by atoms with Gasteiger partial charge in [-0.2, -0.15) is 0 Å². The molecule has 0 aliphatic heterocycles. The largest absolute Gasteiger partial charge is 0.319 e. The summed E-state index contributed by atoms with van der Waals surface area (Å²) in [5.41, 5.74) is -0.0974. The summed E-state index contributed by atoms with van der Waals surface area (Å²) in [7, 11) is 0. The Morgan fingerprint density at radius 3 is 2.50 bits per heavy atom. The van der Waals surface area contributed by atoms with Crippen molar-refractivity contribution in [2.75, 3.05) is 5.32 Å². The van der Waals surface area contributed by atoms with Gasteiger partial charge in [0.25, 0.3) is 11.6 Å². The number of halogens is 2. The zero-order valence-corrected chi connectivity index (χ0v) is 11.2. The van der Waals surface area contributed by atoms with E-state index >= 15 is 0 Å². The lowest BCUT2D eigenvalue weighted by Crippen LogP contribution is -2.13. The number of carbonyl (C=O) groups excluding carboxylic acids is 1. The van der Waals surface area contributed by atoms with Crippen molar-refractivity contribution in [1.82, 2.24) is 9.97 Å². The van der Waals surface area contributed by atoms with E-state index in [1.807, 2.05) is 0 Å². The van der Waals surface area contributed by atoms with Gasteiger partial charge in [0.05, 0.1) is 38.6 Å². The van der Waals surface area contributed by atoms with Crippen LogP contribution in [0.3, 0.4) is 0 Å². The van der Waals surface area contributed by atoms with Crippen molar-refractivity contribution in [2.45, 2.75) is 0 Å². The number of nitrogens with one attached hydrogen (secondary N) is 1. The molecule has 1 heterocycles. The van der Waals surface area contributed by atoms with Crippen LogP contribution in [0, 0.1) is 10.1 Å². The fourth-order valence-electron chi connectivity index (χ4n) is 1.41. The number of anilines is 1. The molecular formula is C11H6Cl2N4O3. The molecule has 9 heteroatoms. The fraction of sp³-hybridized carbons (Fsp3) is 0. The molecule has 1 N–H and O–H groups in total. The number of benzene rings is 1. The molecule has 1 aromatic carbocycles. The third-order valence-electron chi connectivity index (χ3n) is 2.29. The quantitative estimate of drug-likeness (QED) is 0.694. The van der Waals surface area contributed by atoms with Gasteiger partial charge in [0, 0.05) is 12.1 Å². The molecule has 0 spiro atoms. The van der Waals surface area contributed by atoms with Crippen LogP contribution in [0.15, 0.2) is 30.9 Å². The van der Waals surface area contributed by atoms with Gasteiger partial charge in [-0.25, -0.2) is 9.97 Å². The Labute approximate surface area is 122 Å². The third-order valence-corrected chi connectivity index (χ3v) is 3.09. The van der Waals surface area contributed by atoms with E-state index in [9.17, 15) is 14.9 Å². The lowest BCUT2D eigenvalue weighted by Gasteiger charge is -2.07. The Hall–Kier alpha value is -2.25. The number of hydrogen-bond donors (Lipinski definition) is 1. The number of rotatable bonds is 3. The second-order valence-corrected chi connectivity index (χ2v) is 4.41. The lowest BCUT2D eigenvalue weighted by atomic mass is 10.2. The Bertz CT molecular complexity index is 679. The van der Waals surface area contributed by atoms with E-state index in [-0.39, 0.29) is 21.3 Å². The number of non-ortho nitro benzene ring substituents is 1. The summed E-state index contributed by atoms with van der Waals surface area (Å²) in [5, 5.41) is 13.1. The maximum Gasteiger partial charge on any atom is 0.271 e. The van der Waals surface area contributed by atoms with Crippen LogP contribution in [0.25, 0.3) is 0 Å². The highest BCUT2D eigenvalue weighted by Crippen LogP contribution is 2.31. The van der Waals surface area contributed by atoms with E-state index in [0.29, 0.717) is 5.69 Å². The molecule has 2 aromatic rings. The van der Waals surface area contributed by atoms with Crippen LogP contribution < -0.4 is 5.32 Å². The standard InChI is InChI=1S/C11H6Cl2N4O3/c12-9-2-7(17(19)20)1-8(10(9)13)11(18)16-6-3-14-5-15-4-6/h1-5H,(H,16,18). The normalized spacial score (nSPS) is 10.1. The summed E-state index contributed by atoms with van der Waals surface area (Å²) in [4.78, 5) is 29.6. The molecule has 0 saturated heterocycles. The molecule has 0 aliphatic carbocycles. The molecule has 2 rings (SSSR count). The highest BCUT2D eigenvalue weighted by Gasteiger charge is 2.19. The topological polar surface area (TPSA) is 98.0 Å². The number of nitro benzene ring substituents is 1. The molecular weight excluding hydrogens is 307 g/mol. The van der Waals surface area contributed by atoms with Crippen molar-refractivity contribution in [3.05, 3.63) is 56.6 Å². The third kappa shape index (κ3) is 3.01.